The van der Waals surface area contributed by atoms with Crippen LogP contribution in [0.3, 0.4) is 0 Å². The Labute approximate surface area is 215 Å². The Morgan fingerprint density at radius 3 is 2.57 bits per heavy atom. The second-order valence-electron chi connectivity index (χ2n) is 8.20. The molecule has 2 amide bonds. The first-order valence-electron chi connectivity index (χ1n) is 11.4. The van der Waals surface area contributed by atoms with E-state index in [1.807, 2.05) is 0 Å². The lowest BCUT2D eigenvalue weighted by Crippen LogP contribution is -2.42. The smallest absolute Gasteiger partial charge is 0.270 e. The van der Waals surface area contributed by atoms with Crippen molar-refractivity contribution in [2.75, 3.05) is 36.8 Å². The Balaban J connectivity index is 1.76. The molecule has 1 aliphatic rings. The highest BCUT2D eigenvalue weighted by atomic mass is 32.1. The van der Waals surface area contributed by atoms with Crippen LogP contribution < -0.4 is 30.7 Å². The molecule has 2 aromatic rings. The summed E-state index contributed by atoms with van der Waals surface area (Å²) in [6.45, 7) is 1.98. The van der Waals surface area contributed by atoms with E-state index < -0.39 is 17.4 Å². The minimum Gasteiger partial charge on any atom is -0.360 e. The van der Waals surface area contributed by atoms with E-state index in [1.165, 1.54) is 10.8 Å². The van der Waals surface area contributed by atoms with Crippen molar-refractivity contribution >= 4 is 46.3 Å². The summed E-state index contributed by atoms with van der Waals surface area (Å²) in [5.41, 5.74) is 0.385. The van der Waals surface area contributed by atoms with E-state index in [9.17, 15) is 28.4 Å². The summed E-state index contributed by atoms with van der Waals surface area (Å²) >= 11 is 0.959. The van der Waals surface area contributed by atoms with E-state index in [0.29, 0.717) is 11.4 Å². The van der Waals surface area contributed by atoms with Crippen molar-refractivity contribution in [3.05, 3.63) is 43.8 Å². The molecule has 0 bridgehead atoms. The molecule has 0 aliphatic carbocycles. The van der Waals surface area contributed by atoms with Crippen LogP contribution in [0.15, 0.2) is 29.1 Å². The van der Waals surface area contributed by atoms with E-state index in [0.717, 1.165) is 11.3 Å². The maximum Gasteiger partial charge on any atom is 0.270 e. The van der Waals surface area contributed by atoms with Crippen molar-refractivity contribution in [3.8, 4) is 12.1 Å². The number of amides is 2. The van der Waals surface area contributed by atoms with Gasteiger partial charge in [-0.3, -0.25) is 23.9 Å². The molecule has 13 heteroatoms. The van der Waals surface area contributed by atoms with Gasteiger partial charge >= 0.3 is 0 Å². The van der Waals surface area contributed by atoms with Gasteiger partial charge < -0.3 is 16.0 Å². The largest absolute Gasteiger partial charge is 0.360 e. The molecule has 0 atom stereocenters. The number of halogens is 2. The fraction of sp³-hybridized carbons (Fsp3) is 0.375. The number of nitrogens with one attached hydrogen (secondary N) is 3. The fourth-order valence-electron chi connectivity index (χ4n) is 3.67. The summed E-state index contributed by atoms with van der Waals surface area (Å²) < 4.78 is 28.3. The first-order chi connectivity index (χ1) is 17.7. The molecule has 1 aliphatic heterocycles. The van der Waals surface area contributed by atoms with Gasteiger partial charge in [0, 0.05) is 50.1 Å². The van der Waals surface area contributed by atoms with Gasteiger partial charge in [0.15, 0.2) is 5.57 Å². The number of rotatable bonds is 8. The zero-order valence-electron chi connectivity index (χ0n) is 20.0. The highest BCUT2D eigenvalue weighted by Gasteiger charge is 2.34. The molecule has 1 aromatic heterocycles. The number of aromatic nitrogens is 1. The van der Waals surface area contributed by atoms with Crippen molar-refractivity contribution in [1.29, 1.82) is 10.5 Å². The average molecular weight is 530 g/mol. The SMILES string of the molecule is CCn1c(=C(C#N)C(=O)NCC#N)sc(=CNc2cccc(NC(=O)CN3CCC(F)(F)CC3)c2)c1=O. The molecule has 0 spiro atoms. The van der Waals surface area contributed by atoms with Gasteiger partial charge in [-0.1, -0.05) is 6.07 Å². The number of hydrogen-bond donors (Lipinski definition) is 3. The Kier molecular flexibility index (Phi) is 9.11. The number of carbonyl (C=O) groups excluding carboxylic acids is 2. The highest BCUT2D eigenvalue weighted by molar-refractivity contribution is 7.07. The molecule has 3 N–H and O–H groups in total. The number of thiazole rings is 1. The van der Waals surface area contributed by atoms with Crippen LogP contribution in [0.4, 0.5) is 20.2 Å². The summed E-state index contributed by atoms with van der Waals surface area (Å²) in [5, 5.41) is 26.2. The first kappa shape index (κ1) is 27.5. The summed E-state index contributed by atoms with van der Waals surface area (Å²) in [6, 6.07) is 10.3. The minimum absolute atomic E-state index is 0.00800. The van der Waals surface area contributed by atoms with Gasteiger partial charge in [0.1, 0.15) is 21.8 Å². The third-order valence-corrected chi connectivity index (χ3v) is 6.71. The number of benzene rings is 1. The monoisotopic (exact) mass is 529 g/mol. The third-order valence-electron chi connectivity index (χ3n) is 5.58. The van der Waals surface area contributed by atoms with Crippen molar-refractivity contribution in [1.82, 2.24) is 14.8 Å². The number of alkyl halides is 2. The van der Waals surface area contributed by atoms with Crippen molar-refractivity contribution in [2.45, 2.75) is 32.2 Å². The Hall–Kier alpha value is -4.07. The van der Waals surface area contributed by atoms with Crippen LogP contribution in [0.2, 0.25) is 0 Å². The van der Waals surface area contributed by atoms with Gasteiger partial charge in [0.2, 0.25) is 5.91 Å². The number of nitriles is 2. The van der Waals surface area contributed by atoms with Crippen molar-refractivity contribution in [2.24, 2.45) is 0 Å². The van der Waals surface area contributed by atoms with Gasteiger partial charge in [-0.25, -0.2) is 8.78 Å². The molecular formula is C24H25F2N7O3S. The van der Waals surface area contributed by atoms with E-state index in [-0.39, 0.29) is 66.2 Å². The van der Waals surface area contributed by atoms with E-state index >= 15 is 0 Å². The quantitative estimate of drug-likeness (QED) is 0.429. The molecule has 0 unspecified atom stereocenters. The van der Waals surface area contributed by atoms with E-state index in [4.69, 9.17) is 5.26 Å². The molecular weight excluding hydrogens is 504 g/mol. The molecule has 0 saturated carbocycles. The van der Waals surface area contributed by atoms with Crippen LogP contribution in [-0.2, 0) is 16.1 Å². The number of carbonyl (C=O) groups is 2. The zero-order valence-corrected chi connectivity index (χ0v) is 20.8. The van der Waals surface area contributed by atoms with Gasteiger partial charge in [-0.05, 0) is 25.1 Å². The molecule has 37 heavy (non-hydrogen) atoms. The minimum atomic E-state index is -2.68. The summed E-state index contributed by atoms with van der Waals surface area (Å²) in [4.78, 5) is 39.1. The maximum atomic E-state index is 13.3. The first-order valence-corrected chi connectivity index (χ1v) is 12.2. The van der Waals surface area contributed by atoms with E-state index in [2.05, 4.69) is 16.0 Å². The zero-order chi connectivity index (χ0) is 27.0. The number of likely N-dealkylation sites (tertiary alicyclic amines) is 1. The molecule has 1 fully saturated rings. The predicted octanol–water partition coefficient (Wildman–Crippen LogP) is 0.763. The molecule has 1 saturated heterocycles. The molecule has 3 rings (SSSR count). The predicted molar refractivity (Wildman–Crippen MR) is 135 cm³/mol. The number of anilines is 2. The van der Waals surface area contributed by atoms with Gasteiger partial charge in [-0.2, -0.15) is 10.5 Å². The second-order valence-corrected chi connectivity index (χ2v) is 9.23. The third kappa shape index (κ3) is 7.22. The molecule has 2 heterocycles. The van der Waals surface area contributed by atoms with Crippen LogP contribution in [-0.4, -0.2) is 53.4 Å². The van der Waals surface area contributed by atoms with Gasteiger partial charge in [-0.15, -0.1) is 11.3 Å². The van der Waals surface area contributed by atoms with Gasteiger partial charge in [0.05, 0.1) is 12.6 Å². The molecule has 1 aromatic carbocycles. The number of piperidine rings is 1. The lowest BCUT2D eigenvalue weighted by molar-refractivity contribution is -0.119. The fourth-order valence-corrected chi connectivity index (χ4v) is 4.76. The van der Waals surface area contributed by atoms with Crippen LogP contribution in [0, 0.1) is 22.7 Å². The lowest BCUT2D eigenvalue weighted by Gasteiger charge is -2.31. The summed E-state index contributed by atoms with van der Waals surface area (Å²) in [6.07, 6.45) is 0.912. The summed E-state index contributed by atoms with van der Waals surface area (Å²) in [5.74, 6) is -3.74. The van der Waals surface area contributed by atoms with Crippen LogP contribution in [0.1, 0.15) is 19.8 Å². The van der Waals surface area contributed by atoms with Crippen LogP contribution in [0.25, 0.3) is 11.8 Å². The second kappa shape index (κ2) is 12.3. The normalized spacial score (nSPS) is 16.3. The lowest BCUT2D eigenvalue weighted by atomic mass is 10.1. The molecule has 0 radical (unpaired) electrons. The average Bonchev–Trinajstić information content (AvgIpc) is 3.18. The Morgan fingerprint density at radius 2 is 1.92 bits per heavy atom. The van der Waals surface area contributed by atoms with Crippen molar-refractivity contribution in [3.63, 3.8) is 0 Å². The van der Waals surface area contributed by atoms with Crippen LogP contribution >= 0.6 is 11.3 Å². The Morgan fingerprint density at radius 1 is 1.22 bits per heavy atom. The number of hydrogen-bond acceptors (Lipinski definition) is 8. The standard InChI is InChI=1S/C24H25F2N7O3S/c1-2-33-22(36)19(37-23(33)18(13-28)21(35)29-9-8-27)14-30-16-4-3-5-17(12-16)31-20(34)15-32-10-6-24(25,26)7-11-32/h3-5,12,14,30H,2,6-7,9-11,15H2,1H3,(H,29,35)(H,31,34). The molecule has 10 nitrogen and oxygen atoms in total. The van der Waals surface area contributed by atoms with E-state index in [1.54, 1.807) is 48.2 Å². The maximum absolute atomic E-state index is 13.3. The van der Waals surface area contributed by atoms with Crippen LogP contribution in [0.5, 0.6) is 0 Å². The number of nitrogens with zero attached hydrogens (tertiary/aromatic N) is 4. The topological polar surface area (TPSA) is 143 Å². The Bertz CT molecular complexity index is 1430. The summed E-state index contributed by atoms with van der Waals surface area (Å²) in [7, 11) is 0. The van der Waals surface area contributed by atoms with Gasteiger partial charge in [0.25, 0.3) is 17.4 Å². The molecule has 194 valence electrons. The highest BCUT2D eigenvalue weighted by Crippen LogP contribution is 2.27. The van der Waals surface area contributed by atoms with Crippen molar-refractivity contribution < 1.29 is 18.4 Å².